The van der Waals surface area contributed by atoms with Crippen LogP contribution in [-0.2, 0) is 27.5 Å². The summed E-state index contributed by atoms with van der Waals surface area (Å²) in [7, 11) is 5.49. The predicted octanol–water partition coefficient (Wildman–Crippen LogP) is 1.57. The number of hydrogen-bond acceptors (Lipinski definition) is 11. The second kappa shape index (κ2) is 11.7. The highest BCUT2D eigenvalue weighted by Crippen LogP contribution is 2.40. The first-order valence-electron chi connectivity index (χ1n) is 11.3. The maximum Gasteiger partial charge on any atom is 0.335 e. The fourth-order valence-corrected chi connectivity index (χ4v) is 4.19. The van der Waals surface area contributed by atoms with Crippen molar-refractivity contribution >= 4 is 5.97 Å². The van der Waals surface area contributed by atoms with Crippen LogP contribution in [0.4, 0.5) is 0 Å². The Morgan fingerprint density at radius 3 is 1.38 bits per heavy atom. The second-order valence-electron chi connectivity index (χ2n) is 8.63. The van der Waals surface area contributed by atoms with Crippen LogP contribution in [0.5, 0.6) is 34.5 Å². The number of aromatic hydroxyl groups is 2. The molecule has 204 valence electrons. The van der Waals surface area contributed by atoms with Gasteiger partial charge in [0.2, 0.25) is 11.5 Å². The molecule has 12 heteroatoms. The fourth-order valence-electron chi connectivity index (χ4n) is 4.19. The van der Waals surface area contributed by atoms with E-state index in [-0.39, 0.29) is 60.6 Å². The van der Waals surface area contributed by atoms with E-state index >= 15 is 0 Å². The summed E-state index contributed by atoms with van der Waals surface area (Å²) in [5.41, 5.74) is -1.17. The van der Waals surface area contributed by atoms with Crippen molar-refractivity contribution in [3.63, 3.8) is 0 Å². The van der Waals surface area contributed by atoms with Gasteiger partial charge in [-0.3, -0.25) is 0 Å². The molecule has 0 aromatic heterocycles. The first-order chi connectivity index (χ1) is 17.6. The highest BCUT2D eigenvalue weighted by molar-refractivity contribution is 5.77. The number of benzene rings is 2. The van der Waals surface area contributed by atoms with Crippen LogP contribution in [-0.4, -0.2) is 83.9 Å². The van der Waals surface area contributed by atoms with Crippen LogP contribution >= 0.6 is 0 Å². The molecule has 0 spiro atoms. The average molecular weight is 525 g/mol. The summed E-state index contributed by atoms with van der Waals surface area (Å²) in [6, 6.07) is 6.04. The van der Waals surface area contributed by atoms with Crippen LogP contribution < -0.4 is 18.9 Å². The van der Waals surface area contributed by atoms with E-state index in [4.69, 9.17) is 28.4 Å². The number of rotatable bonds is 11. The molecular weight excluding hydrogens is 492 g/mol. The number of aliphatic carboxylic acids is 1. The number of phenolic OH excluding ortho intramolecular Hbond substituents is 2. The van der Waals surface area contributed by atoms with Gasteiger partial charge in [0.1, 0.15) is 6.10 Å². The van der Waals surface area contributed by atoms with Crippen LogP contribution in [0.15, 0.2) is 24.3 Å². The van der Waals surface area contributed by atoms with Crippen LogP contribution in [0.3, 0.4) is 0 Å². The molecule has 2 aromatic carbocycles. The third-order valence-electron chi connectivity index (χ3n) is 6.25. The summed E-state index contributed by atoms with van der Waals surface area (Å²) in [5.74, 6) is -1.28. The third-order valence-corrected chi connectivity index (χ3v) is 6.25. The fraction of sp³-hybridized carbons (Fsp3) is 0.480. The lowest BCUT2D eigenvalue weighted by molar-refractivity contribution is -0.205. The molecule has 1 aliphatic carbocycles. The molecule has 2 atom stereocenters. The SMILES string of the molecule is COc1cc(CO[C@@H]2CC(O)(C(=O)O)C[C@@H](OCc3cc(OC)c(O)c(OC)c3)C2O)cc(OC)c1O. The zero-order chi connectivity index (χ0) is 27.3. The number of carboxylic acids is 1. The maximum absolute atomic E-state index is 11.9. The minimum atomic E-state index is -2.21. The Morgan fingerprint density at radius 1 is 0.784 bits per heavy atom. The van der Waals surface area contributed by atoms with Crippen molar-refractivity contribution in [2.75, 3.05) is 28.4 Å². The number of aliphatic hydroxyl groups excluding tert-OH is 1. The maximum atomic E-state index is 11.9. The number of phenols is 2. The molecule has 2 aromatic rings. The molecule has 0 saturated heterocycles. The van der Waals surface area contributed by atoms with Crippen LogP contribution in [0.1, 0.15) is 24.0 Å². The van der Waals surface area contributed by atoms with Crippen molar-refractivity contribution in [2.45, 2.75) is 50.0 Å². The summed E-state index contributed by atoms with van der Waals surface area (Å²) >= 11 is 0. The van der Waals surface area contributed by atoms with E-state index in [9.17, 15) is 30.3 Å². The van der Waals surface area contributed by atoms with Crippen molar-refractivity contribution < 1.29 is 58.7 Å². The van der Waals surface area contributed by atoms with Gasteiger partial charge in [-0.05, 0) is 35.4 Å². The highest BCUT2D eigenvalue weighted by Gasteiger charge is 2.50. The first-order valence-corrected chi connectivity index (χ1v) is 11.3. The molecule has 0 bridgehead atoms. The van der Waals surface area contributed by atoms with Gasteiger partial charge >= 0.3 is 5.97 Å². The lowest BCUT2D eigenvalue weighted by Gasteiger charge is -2.41. The van der Waals surface area contributed by atoms with E-state index in [1.165, 1.54) is 52.7 Å². The van der Waals surface area contributed by atoms with E-state index < -0.39 is 29.9 Å². The molecule has 0 amide bonds. The molecule has 0 unspecified atom stereocenters. The lowest BCUT2D eigenvalue weighted by Crippen LogP contribution is -2.57. The van der Waals surface area contributed by atoms with Crippen LogP contribution in [0, 0.1) is 0 Å². The summed E-state index contributed by atoms with van der Waals surface area (Å²) in [4.78, 5) is 11.9. The zero-order valence-corrected chi connectivity index (χ0v) is 21.0. The Balaban J connectivity index is 1.79. The highest BCUT2D eigenvalue weighted by atomic mass is 16.5. The van der Waals surface area contributed by atoms with Gasteiger partial charge in [-0.25, -0.2) is 4.79 Å². The van der Waals surface area contributed by atoms with Crippen molar-refractivity contribution in [1.29, 1.82) is 0 Å². The van der Waals surface area contributed by atoms with Gasteiger partial charge in [0, 0.05) is 12.8 Å². The van der Waals surface area contributed by atoms with Crippen molar-refractivity contribution in [2.24, 2.45) is 0 Å². The van der Waals surface area contributed by atoms with Gasteiger partial charge in [-0.1, -0.05) is 0 Å². The topological polar surface area (TPSA) is 174 Å². The van der Waals surface area contributed by atoms with Gasteiger partial charge in [0.15, 0.2) is 28.6 Å². The van der Waals surface area contributed by atoms with Crippen molar-refractivity contribution in [3.05, 3.63) is 35.4 Å². The summed E-state index contributed by atoms with van der Waals surface area (Å²) < 4.78 is 32.2. The number of methoxy groups -OCH3 is 4. The van der Waals surface area contributed by atoms with E-state index in [2.05, 4.69) is 0 Å². The largest absolute Gasteiger partial charge is 0.502 e. The molecule has 0 aliphatic heterocycles. The number of carboxylic acid groups (broad SMARTS) is 1. The Bertz CT molecular complexity index is 976. The Morgan fingerprint density at radius 2 is 1.11 bits per heavy atom. The Hall–Kier alpha value is -3.45. The number of ether oxygens (including phenoxy) is 6. The molecule has 1 aliphatic rings. The number of aliphatic hydroxyl groups is 2. The molecule has 12 nitrogen and oxygen atoms in total. The molecular formula is C25H32O12. The average Bonchev–Trinajstić information content (AvgIpc) is 2.89. The summed E-state index contributed by atoms with van der Waals surface area (Å²) in [6.45, 7) is -0.215. The van der Waals surface area contributed by atoms with Gasteiger partial charge in [0.05, 0.1) is 53.9 Å². The van der Waals surface area contributed by atoms with E-state index in [0.717, 1.165) is 0 Å². The van der Waals surface area contributed by atoms with Crippen LogP contribution in [0.25, 0.3) is 0 Å². The Labute approximate surface area is 213 Å². The van der Waals surface area contributed by atoms with E-state index in [1.54, 1.807) is 0 Å². The minimum absolute atomic E-state index is 0.108. The first kappa shape index (κ1) is 28.1. The van der Waals surface area contributed by atoms with Gasteiger partial charge in [-0.2, -0.15) is 0 Å². The molecule has 1 fully saturated rings. The smallest absolute Gasteiger partial charge is 0.335 e. The summed E-state index contributed by atoms with van der Waals surface area (Å²) in [6.07, 6.45) is -4.24. The number of carbonyl (C=O) groups is 1. The van der Waals surface area contributed by atoms with Gasteiger partial charge < -0.3 is 54.0 Å². The standard InChI is InChI=1S/C25H32O12/c1-32-15-5-13(6-16(33-2)21(15)26)11-36-19-9-25(31,24(29)30)10-20(23(19)28)37-12-14-7-17(34-3)22(27)18(8-14)35-4/h5-8,19-20,23,26-28,31H,9-12H2,1-4H3,(H,29,30)/t19-,20-,23?,25?/m1/s1. The monoisotopic (exact) mass is 524 g/mol. The van der Waals surface area contributed by atoms with E-state index in [0.29, 0.717) is 11.1 Å². The molecule has 1 saturated carbocycles. The summed E-state index contributed by atoms with van der Waals surface area (Å²) in [5, 5.41) is 51.6. The Kier molecular flexibility index (Phi) is 8.92. The minimum Gasteiger partial charge on any atom is -0.502 e. The molecule has 0 radical (unpaired) electrons. The number of hydrogen-bond donors (Lipinski definition) is 5. The normalized spacial score (nSPS) is 23.4. The quantitative estimate of drug-likeness (QED) is 0.288. The van der Waals surface area contributed by atoms with Crippen molar-refractivity contribution in [1.82, 2.24) is 0 Å². The molecule has 3 rings (SSSR count). The molecule has 0 heterocycles. The van der Waals surface area contributed by atoms with Gasteiger partial charge in [0.25, 0.3) is 0 Å². The van der Waals surface area contributed by atoms with Crippen LogP contribution in [0.2, 0.25) is 0 Å². The predicted molar refractivity (Wildman–Crippen MR) is 127 cm³/mol. The molecule has 37 heavy (non-hydrogen) atoms. The zero-order valence-electron chi connectivity index (χ0n) is 21.0. The molecule has 5 N–H and O–H groups in total. The van der Waals surface area contributed by atoms with Crippen molar-refractivity contribution in [3.8, 4) is 34.5 Å². The van der Waals surface area contributed by atoms with E-state index in [1.807, 2.05) is 0 Å². The second-order valence-corrected chi connectivity index (χ2v) is 8.63. The third kappa shape index (κ3) is 6.10. The lowest BCUT2D eigenvalue weighted by atomic mass is 9.79. The van der Waals surface area contributed by atoms with Gasteiger partial charge in [-0.15, -0.1) is 0 Å².